The molecule has 64 valence electrons. The average Bonchev–Trinajstić information content (AvgIpc) is 2.04. The summed E-state index contributed by atoms with van der Waals surface area (Å²) in [5, 5.41) is 20.1. The predicted octanol–water partition coefficient (Wildman–Crippen LogP) is 0.260. The fraction of sp³-hybridized carbons (Fsp3) is 0.800. The largest absolute Gasteiger partial charge is 0.481 e. The van der Waals surface area contributed by atoms with Gasteiger partial charge in [-0.1, -0.05) is 6.92 Å². The van der Waals surface area contributed by atoms with Gasteiger partial charge in [0.1, 0.15) is 0 Å². The molecule has 0 fully saturated rings. The molecule has 0 bridgehead atoms. The first kappa shape index (κ1) is 12.7. The van der Waals surface area contributed by atoms with Crippen molar-refractivity contribution in [3.63, 3.8) is 0 Å². The Balaban J connectivity index is 0. The zero-order valence-electron chi connectivity index (χ0n) is 6.19. The van der Waals surface area contributed by atoms with Crippen molar-refractivity contribution < 1.29 is 14.1 Å². The number of hydrogen-bond acceptors (Lipinski definition) is 4. The minimum Gasteiger partial charge on any atom is -0.481 e. The quantitative estimate of drug-likeness (QED) is 0.622. The SMILES string of the molecule is CCS(=O)CCC(=O)O.N#N. The normalized spacial score (nSPS) is 10.8. The number of aliphatic carboxylic acids is 1. The summed E-state index contributed by atoms with van der Waals surface area (Å²) in [4.78, 5) is 9.89. The van der Waals surface area contributed by atoms with Gasteiger partial charge in [-0.25, -0.2) is 0 Å². The van der Waals surface area contributed by atoms with E-state index in [9.17, 15) is 9.00 Å². The Morgan fingerprint density at radius 3 is 2.27 bits per heavy atom. The maximum atomic E-state index is 10.6. The summed E-state index contributed by atoms with van der Waals surface area (Å²) in [5.41, 5.74) is 0. The van der Waals surface area contributed by atoms with Gasteiger partial charge in [0, 0.05) is 33.1 Å². The lowest BCUT2D eigenvalue weighted by atomic mass is 10.5. The molecule has 6 heteroatoms. The molecule has 0 saturated carbocycles. The van der Waals surface area contributed by atoms with Gasteiger partial charge in [0.25, 0.3) is 0 Å². The van der Waals surface area contributed by atoms with Crippen LogP contribution in [0.5, 0.6) is 0 Å². The number of hydrogen-bond donors (Lipinski definition) is 1. The van der Waals surface area contributed by atoms with E-state index in [1.165, 1.54) is 0 Å². The Hall–Kier alpha value is -0.960. The van der Waals surface area contributed by atoms with E-state index >= 15 is 0 Å². The Labute approximate surface area is 67.3 Å². The molecule has 0 saturated heterocycles. The zero-order chi connectivity index (χ0) is 9.28. The third-order valence-corrected chi connectivity index (χ3v) is 2.17. The molecule has 0 aromatic carbocycles. The van der Waals surface area contributed by atoms with Crippen molar-refractivity contribution in [2.45, 2.75) is 13.3 Å². The van der Waals surface area contributed by atoms with Crippen LogP contribution >= 0.6 is 0 Å². The first-order chi connectivity index (χ1) is 5.16. The maximum absolute atomic E-state index is 10.6. The summed E-state index contributed by atoms with van der Waals surface area (Å²) in [7, 11) is -0.928. The molecule has 0 aromatic rings. The number of carboxylic acids is 1. The molecule has 0 radical (unpaired) electrons. The molecular weight excluding hydrogens is 168 g/mol. The van der Waals surface area contributed by atoms with Gasteiger partial charge < -0.3 is 5.11 Å². The molecule has 0 aliphatic carbocycles. The Morgan fingerprint density at radius 2 is 2.00 bits per heavy atom. The lowest BCUT2D eigenvalue weighted by Crippen LogP contribution is -2.05. The maximum Gasteiger partial charge on any atom is 0.304 e. The van der Waals surface area contributed by atoms with Crippen molar-refractivity contribution in [2.24, 2.45) is 0 Å². The van der Waals surface area contributed by atoms with E-state index in [0.29, 0.717) is 5.75 Å². The van der Waals surface area contributed by atoms with Crippen LogP contribution in [0.3, 0.4) is 0 Å². The van der Waals surface area contributed by atoms with Gasteiger partial charge in [-0.05, 0) is 0 Å². The molecule has 5 nitrogen and oxygen atoms in total. The van der Waals surface area contributed by atoms with E-state index in [4.69, 9.17) is 15.9 Å². The van der Waals surface area contributed by atoms with Crippen molar-refractivity contribution in [3.05, 3.63) is 0 Å². The first-order valence-electron chi connectivity index (χ1n) is 2.93. The van der Waals surface area contributed by atoms with Crippen molar-refractivity contribution in [2.75, 3.05) is 11.5 Å². The highest BCUT2D eigenvalue weighted by molar-refractivity contribution is 7.84. The Kier molecular flexibility index (Phi) is 10.4. The molecular formula is C5H10N2O3S. The van der Waals surface area contributed by atoms with E-state index in [1.54, 1.807) is 6.92 Å². The third kappa shape index (κ3) is 12.3. The number of carboxylic acid groups (broad SMARTS) is 1. The van der Waals surface area contributed by atoms with Crippen LogP contribution in [0.25, 0.3) is 0 Å². The fourth-order valence-corrected chi connectivity index (χ4v) is 1.04. The number of rotatable bonds is 4. The van der Waals surface area contributed by atoms with Crippen LogP contribution in [0.1, 0.15) is 13.3 Å². The van der Waals surface area contributed by atoms with E-state index in [-0.39, 0.29) is 12.2 Å². The van der Waals surface area contributed by atoms with Gasteiger partial charge in [0.2, 0.25) is 0 Å². The summed E-state index contributed by atoms with van der Waals surface area (Å²) in [5.74, 6) is -0.0455. The highest BCUT2D eigenvalue weighted by Crippen LogP contribution is 1.86. The van der Waals surface area contributed by atoms with Crippen LogP contribution in [-0.4, -0.2) is 26.8 Å². The van der Waals surface area contributed by atoms with Crippen LogP contribution in [0.2, 0.25) is 0 Å². The molecule has 1 N–H and O–H groups in total. The van der Waals surface area contributed by atoms with Crippen molar-refractivity contribution >= 4 is 16.8 Å². The lowest BCUT2D eigenvalue weighted by Gasteiger charge is -1.92. The molecule has 0 amide bonds. The van der Waals surface area contributed by atoms with Gasteiger partial charge in [0.15, 0.2) is 0 Å². The second-order valence-corrected chi connectivity index (χ2v) is 3.44. The molecule has 0 rings (SSSR count). The van der Waals surface area contributed by atoms with Gasteiger partial charge in [0.05, 0.1) is 6.42 Å². The predicted molar refractivity (Wildman–Crippen MR) is 39.3 cm³/mol. The van der Waals surface area contributed by atoms with Crippen LogP contribution in [0, 0.1) is 10.8 Å². The van der Waals surface area contributed by atoms with E-state index in [2.05, 4.69) is 0 Å². The minimum atomic E-state index is -0.928. The highest BCUT2D eigenvalue weighted by Gasteiger charge is 1.99. The first-order valence-corrected chi connectivity index (χ1v) is 4.42. The van der Waals surface area contributed by atoms with Gasteiger partial charge in [-0.15, -0.1) is 0 Å². The monoisotopic (exact) mass is 178 g/mol. The van der Waals surface area contributed by atoms with Crippen LogP contribution in [0.15, 0.2) is 0 Å². The smallest absolute Gasteiger partial charge is 0.304 e. The topological polar surface area (TPSA) is 102 Å². The molecule has 11 heavy (non-hydrogen) atoms. The Bertz CT molecular complexity index is 157. The third-order valence-electron chi connectivity index (χ3n) is 0.866. The standard InChI is InChI=1S/C5H10O3S.N2/c1-2-9(8)4-3-5(6)7;1-2/h2-4H2,1H3,(H,6,7);. The van der Waals surface area contributed by atoms with Crippen LogP contribution in [-0.2, 0) is 15.6 Å². The summed E-state index contributed by atoms with van der Waals surface area (Å²) >= 11 is 0. The van der Waals surface area contributed by atoms with E-state index in [0.717, 1.165) is 0 Å². The summed E-state index contributed by atoms with van der Waals surface area (Å²) in [6, 6.07) is 0. The van der Waals surface area contributed by atoms with Gasteiger partial charge in [-0.3, -0.25) is 9.00 Å². The molecule has 0 aliphatic heterocycles. The van der Waals surface area contributed by atoms with Gasteiger partial charge in [-0.2, -0.15) is 0 Å². The minimum absolute atomic E-state index is 0.0143. The van der Waals surface area contributed by atoms with Crippen LogP contribution in [0.4, 0.5) is 0 Å². The zero-order valence-corrected chi connectivity index (χ0v) is 7.00. The van der Waals surface area contributed by atoms with Crippen molar-refractivity contribution in [3.8, 4) is 0 Å². The fourth-order valence-electron chi connectivity index (χ4n) is 0.345. The van der Waals surface area contributed by atoms with Gasteiger partial charge >= 0.3 is 5.97 Å². The molecule has 0 spiro atoms. The molecule has 0 aromatic heterocycles. The number of nitrogens with zero attached hydrogens (tertiary/aromatic N) is 2. The second-order valence-electron chi connectivity index (χ2n) is 1.58. The summed E-state index contributed by atoms with van der Waals surface area (Å²) in [6.45, 7) is 1.78. The number of carbonyl (C=O) groups is 1. The lowest BCUT2D eigenvalue weighted by molar-refractivity contribution is -0.136. The van der Waals surface area contributed by atoms with Crippen molar-refractivity contribution in [1.29, 1.82) is 10.8 Å². The van der Waals surface area contributed by atoms with Crippen LogP contribution < -0.4 is 0 Å². The van der Waals surface area contributed by atoms with E-state index in [1.807, 2.05) is 0 Å². The second kappa shape index (κ2) is 9.04. The molecule has 1 unspecified atom stereocenters. The average molecular weight is 178 g/mol. The van der Waals surface area contributed by atoms with Crippen molar-refractivity contribution in [1.82, 2.24) is 0 Å². The summed E-state index contributed by atoms with van der Waals surface area (Å²) < 4.78 is 10.6. The highest BCUT2D eigenvalue weighted by atomic mass is 32.2. The molecule has 0 aliphatic rings. The van der Waals surface area contributed by atoms with E-state index < -0.39 is 16.8 Å². The summed E-state index contributed by atoms with van der Waals surface area (Å²) in [6.07, 6.45) is 0.0143. The Morgan fingerprint density at radius 1 is 1.55 bits per heavy atom. The molecule has 0 heterocycles. The molecule has 1 atom stereocenters.